The normalized spacial score (nSPS) is 10.9. The van der Waals surface area contributed by atoms with Gasteiger partial charge in [0, 0.05) is 21.5 Å². The minimum atomic E-state index is -0.270. The lowest BCUT2D eigenvalue weighted by molar-refractivity contribution is 0.103. The fourth-order valence-electron chi connectivity index (χ4n) is 2.50. The molecule has 0 aliphatic rings. The van der Waals surface area contributed by atoms with Crippen LogP contribution < -0.4 is 0 Å². The molecular formula is C17H10N4O. The van der Waals surface area contributed by atoms with E-state index in [9.17, 15) is 4.79 Å². The molecule has 104 valence electrons. The Balaban J connectivity index is 1.97. The SMILES string of the molecule is O=C(c1nncc2ccccc12)c1nncc2ccccc12. The van der Waals surface area contributed by atoms with Crippen molar-refractivity contribution in [3.8, 4) is 0 Å². The zero-order valence-corrected chi connectivity index (χ0v) is 11.5. The van der Waals surface area contributed by atoms with Crippen LogP contribution >= 0.6 is 0 Å². The zero-order valence-electron chi connectivity index (χ0n) is 11.5. The average Bonchev–Trinajstić information content (AvgIpc) is 2.60. The van der Waals surface area contributed by atoms with Crippen molar-refractivity contribution < 1.29 is 4.79 Å². The summed E-state index contributed by atoms with van der Waals surface area (Å²) < 4.78 is 0. The van der Waals surface area contributed by atoms with E-state index in [-0.39, 0.29) is 5.78 Å². The first-order valence-corrected chi connectivity index (χ1v) is 6.80. The number of hydrogen-bond donors (Lipinski definition) is 0. The van der Waals surface area contributed by atoms with E-state index in [1.54, 1.807) is 12.4 Å². The first-order valence-electron chi connectivity index (χ1n) is 6.80. The van der Waals surface area contributed by atoms with Crippen LogP contribution in [-0.4, -0.2) is 26.2 Å². The molecule has 0 aliphatic carbocycles. The van der Waals surface area contributed by atoms with Gasteiger partial charge in [0.15, 0.2) is 0 Å². The molecule has 0 radical (unpaired) electrons. The van der Waals surface area contributed by atoms with E-state index in [0.717, 1.165) is 21.5 Å². The summed E-state index contributed by atoms with van der Waals surface area (Å²) in [5.41, 5.74) is 0.590. The molecule has 2 aromatic carbocycles. The van der Waals surface area contributed by atoms with Gasteiger partial charge in [-0.25, -0.2) is 0 Å². The van der Waals surface area contributed by atoms with E-state index in [4.69, 9.17) is 0 Å². The van der Waals surface area contributed by atoms with Crippen molar-refractivity contribution in [2.24, 2.45) is 0 Å². The highest BCUT2D eigenvalue weighted by Gasteiger charge is 2.19. The van der Waals surface area contributed by atoms with Gasteiger partial charge in [-0.15, -0.1) is 10.2 Å². The molecule has 0 spiro atoms. The van der Waals surface area contributed by atoms with Crippen LogP contribution in [0.5, 0.6) is 0 Å². The largest absolute Gasteiger partial charge is 0.285 e. The summed E-state index contributed by atoms with van der Waals surface area (Å²) in [4.78, 5) is 12.9. The monoisotopic (exact) mass is 286 g/mol. The third kappa shape index (κ3) is 1.91. The lowest BCUT2D eigenvalue weighted by Crippen LogP contribution is -2.09. The number of aromatic nitrogens is 4. The van der Waals surface area contributed by atoms with Gasteiger partial charge in [-0.3, -0.25) is 4.79 Å². The quantitative estimate of drug-likeness (QED) is 0.530. The van der Waals surface area contributed by atoms with E-state index in [0.29, 0.717) is 11.4 Å². The third-order valence-electron chi connectivity index (χ3n) is 3.57. The summed E-state index contributed by atoms with van der Waals surface area (Å²) in [5, 5.41) is 19.1. The summed E-state index contributed by atoms with van der Waals surface area (Å²) >= 11 is 0. The maximum Gasteiger partial charge on any atom is 0.234 e. The van der Waals surface area contributed by atoms with Gasteiger partial charge in [-0.05, 0) is 0 Å². The fraction of sp³-hybridized carbons (Fsp3) is 0. The second-order valence-electron chi connectivity index (χ2n) is 4.89. The Labute approximate surface area is 125 Å². The van der Waals surface area contributed by atoms with Gasteiger partial charge in [0.1, 0.15) is 11.4 Å². The molecule has 0 aliphatic heterocycles. The van der Waals surface area contributed by atoms with Crippen molar-refractivity contribution in [3.05, 3.63) is 72.3 Å². The molecule has 2 heterocycles. The molecular weight excluding hydrogens is 276 g/mol. The summed E-state index contributed by atoms with van der Waals surface area (Å²) in [5.74, 6) is -0.270. The van der Waals surface area contributed by atoms with Gasteiger partial charge in [-0.1, -0.05) is 48.5 Å². The van der Waals surface area contributed by atoms with Crippen molar-refractivity contribution in [2.75, 3.05) is 0 Å². The Morgan fingerprint density at radius 2 is 1.14 bits per heavy atom. The third-order valence-corrected chi connectivity index (χ3v) is 3.57. The Kier molecular flexibility index (Phi) is 2.83. The molecule has 0 bridgehead atoms. The summed E-state index contributed by atoms with van der Waals surface area (Å²) in [6.07, 6.45) is 3.28. The second kappa shape index (κ2) is 4.96. The molecule has 0 N–H and O–H groups in total. The predicted molar refractivity (Wildman–Crippen MR) is 82.5 cm³/mol. The molecule has 22 heavy (non-hydrogen) atoms. The van der Waals surface area contributed by atoms with Gasteiger partial charge in [0.05, 0.1) is 12.4 Å². The van der Waals surface area contributed by atoms with Crippen LogP contribution in [-0.2, 0) is 0 Å². The van der Waals surface area contributed by atoms with Crippen molar-refractivity contribution in [3.63, 3.8) is 0 Å². The first-order chi connectivity index (χ1) is 10.8. The first kappa shape index (κ1) is 12.5. The van der Waals surface area contributed by atoms with Crippen molar-refractivity contribution in [1.82, 2.24) is 20.4 Å². The number of benzene rings is 2. The Morgan fingerprint density at radius 3 is 1.64 bits per heavy atom. The molecule has 5 heteroatoms. The molecule has 0 fully saturated rings. The highest BCUT2D eigenvalue weighted by molar-refractivity contribution is 6.18. The predicted octanol–water partition coefficient (Wildman–Crippen LogP) is 2.80. The number of fused-ring (bicyclic) bond motifs is 2. The smallest absolute Gasteiger partial charge is 0.234 e. The molecule has 0 amide bonds. The van der Waals surface area contributed by atoms with Crippen LogP contribution in [0.25, 0.3) is 21.5 Å². The number of hydrogen-bond acceptors (Lipinski definition) is 5. The van der Waals surface area contributed by atoms with Crippen molar-refractivity contribution in [2.45, 2.75) is 0 Å². The maximum atomic E-state index is 12.9. The van der Waals surface area contributed by atoms with E-state index >= 15 is 0 Å². The van der Waals surface area contributed by atoms with Gasteiger partial charge in [0.25, 0.3) is 0 Å². The maximum absolute atomic E-state index is 12.9. The number of rotatable bonds is 2. The standard InChI is InChI=1S/C17H10N4O/c22-17(15-13-7-3-1-5-11(13)9-18-20-15)16-14-8-4-2-6-12(14)10-19-21-16/h1-10H. The zero-order chi connectivity index (χ0) is 14.9. The van der Waals surface area contributed by atoms with E-state index in [1.807, 2.05) is 48.5 Å². The van der Waals surface area contributed by atoms with Crippen LogP contribution in [0.3, 0.4) is 0 Å². The Morgan fingerprint density at radius 1 is 0.682 bits per heavy atom. The van der Waals surface area contributed by atoms with Crippen LogP contribution in [0, 0.1) is 0 Å². The lowest BCUT2D eigenvalue weighted by atomic mass is 10.0. The summed E-state index contributed by atoms with van der Waals surface area (Å²) in [6.45, 7) is 0. The minimum Gasteiger partial charge on any atom is -0.285 e. The number of nitrogens with zero attached hydrogens (tertiary/aromatic N) is 4. The summed E-state index contributed by atoms with van der Waals surface area (Å²) in [7, 11) is 0. The van der Waals surface area contributed by atoms with Gasteiger partial charge < -0.3 is 0 Å². The van der Waals surface area contributed by atoms with Gasteiger partial charge in [-0.2, -0.15) is 10.2 Å². The highest BCUT2D eigenvalue weighted by Crippen LogP contribution is 2.21. The van der Waals surface area contributed by atoms with Gasteiger partial charge >= 0.3 is 0 Å². The highest BCUT2D eigenvalue weighted by atomic mass is 16.1. The number of ketones is 1. The fourth-order valence-corrected chi connectivity index (χ4v) is 2.50. The molecule has 4 aromatic rings. The van der Waals surface area contributed by atoms with Gasteiger partial charge in [0.2, 0.25) is 5.78 Å². The molecule has 0 saturated carbocycles. The number of carbonyl (C=O) groups is 1. The molecule has 4 rings (SSSR count). The van der Waals surface area contributed by atoms with Crippen molar-refractivity contribution in [1.29, 1.82) is 0 Å². The molecule has 0 saturated heterocycles. The molecule has 5 nitrogen and oxygen atoms in total. The molecule has 0 atom stereocenters. The van der Waals surface area contributed by atoms with Crippen LogP contribution in [0.15, 0.2) is 60.9 Å². The van der Waals surface area contributed by atoms with E-state index in [1.165, 1.54) is 0 Å². The summed E-state index contributed by atoms with van der Waals surface area (Å²) in [6, 6.07) is 15.0. The van der Waals surface area contributed by atoms with E-state index < -0.39 is 0 Å². The second-order valence-corrected chi connectivity index (χ2v) is 4.89. The molecule has 0 unspecified atom stereocenters. The van der Waals surface area contributed by atoms with Crippen molar-refractivity contribution >= 4 is 27.3 Å². The minimum absolute atomic E-state index is 0.270. The molecule has 2 aromatic heterocycles. The topological polar surface area (TPSA) is 68.6 Å². The van der Waals surface area contributed by atoms with Crippen LogP contribution in [0.1, 0.15) is 16.2 Å². The number of carbonyl (C=O) groups excluding carboxylic acids is 1. The average molecular weight is 286 g/mol. The Hall–Kier alpha value is -3.21. The Bertz CT molecular complexity index is 921. The van der Waals surface area contributed by atoms with Crippen LogP contribution in [0.2, 0.25) is 0 Å². The van der Waals surface area contributed by atoms with E-state index in [2.05, 4.69) is 20.4 Å². The lowest BCUT2D eigenvalue weighted by Gasteiger charge is -2.05. The van der Waals surface area contributed by atoms with Crippen LogP contribution in [0.4, 0.5) is 0 Å².